The van der Waals surface area contributed by atoms with Crippen LogP contribution in [0.15, 0.2) is 66.0 Å². The number of nitrogens with one attached hydrogen (secondary N) is 1. The van der Waals surface area contributed by atoms with Crippen LogP contribution >= 0.6 is 0 Å². The van der Waals surface area contributed by atoms with Gasteiger partial charge in [-0.15, -0.1) is 0 Å². The number of hydrogen-bond acceptors (Lipinski definition) is 5. The summed E-state index contributed by atoms with van der Waals surface area (Å²) in [7, 11) is 0. The molecule has 0 unspecified atom stereocenters. The van der Waals surface area contributed by atoms with Gasteiger partial charge in [-0.2, -0.15) is 5.10 Å². The molecule has 2 aromatic heterocycles. The van der Waals surface area contributed by atoms with E-state index in [9.17, 15) is 10.1 Å². The van der Waals surface area contributed by atoms with Crippen molar-refractivity contribution in [3.05, 3.63) is 82.3 Å². The Morgan fingerprint density at radius 2 is 2.12 bits per heavy atom. The number of pyridine rings is 1. The number of nitrogens with zero attached hydrogens (tertiary/aromatic N) is 4. The van der Waals surface area contributed by atoms with Crippen LogP contribution in [0.3, 0.4) is 0 Å². The number of anilines is 1. The first kappa shape index (κ1) is 15.4. The Bertz CT molecular complexity index is 901. The fraction of sp³-hybridized carbons (Fsp3) is 0.0588. The van der Waals surface area contributed by atoms with Crippen LogP contribution < -0.4 is 5.43 Å². The number of rotatable bonds is 5. The molecule has 7 nitrogen and oxygen atoms in total. The van der Waals surface area contributed by atoms with Crippen molar-refractivity contribution in [2.75, 3.05) is 5.43 Å². The number of benzene rings is 1. The van der Waals surface area contributed by atoms with E-state index in [1.54, 1.807) is 6.21 Å². The van der Waals surface area contributed by atoms with Crippen LogP contribution in [0.5, 0.6) is 0 Å². The van der Waals surface area contributed by atoms with E-state index < -0.39 is 4.92 Å². The Labute approximate surface area is 138 Å². The maximum Gasteiger partial charge on any atom is 0.313 e. The minimum atomic E-state index is -0.500. The minimum Gasteiger partial charge on any atom is -0.316 e. The van der Waals surface area contributed by atoms with Crippen molar-refractivity contribution in [3.8, 4) is 5.69 Å². The molecule has 0 bridgehead atoms. The van der Waals surface area contributed by atoms with Crippen molar-refractivity contribution in [3.63, 3.8) is 0 Å². The molecule has 3 aromatic rings. The molecular formula is C17H15N5O2. The molecule has 1 N–H and O–H groups in total. The summed E-state index contributed by atoms with van der Waals surface area (Å²) in [5.74, 6) is 0.104. The lowest BCUT2D eigenvalue weighted by Crippen LogP contribution is -2.01. The molecule has 0 atom stereocenters. The predicted molar refractivity (Wildman–Crippen MR) is 92.6 cm³/mol. The summed E-state index contributed by atoms with van der Waals surface area (Å²) in [6.45, 7) is 2.03. The van der Waals surface area contributed by atoms with E-state index in [1.807, 2.05) is 48.0 Å². The Balaban J connectivity index is 1.82. The molecule has 0 aliphatic rings. The van der Waals surface area contributed by atoms with Crippen molar-refractivity contribution >= 4 is 17.7 Å². The Kier molecular flexibility index (Phi) is 4.33. The summed E-state index contributed by atoms with van der Waals surface area (Å²) >= 11 is 0. The number of hydrogen-bond donors (Lipinski definition) is 1. The first-order valence-corrected chi connectivity index (χ1v) is 7.28. The van der Waals surface area contributed by atoms with Gasteiger partial charge in [0.1, 0.15) is 0 Å². The average Bonchev–Trinajstić information content (AvgIpc) is 3.04. The lowest BCUT2D eigenvalue weighted by Gasteiger charge is -2.07. The topological polar surface area (TPSA) is 85.3 Å². The van der Waals surface area contributed by atoms with E-state index in [0.29, 0.717) is 0 Å². The van der Waals surface area contributed by atoms with Gasteiger partial charge in [-0.3, -0.25) is 15.5 Å². The molecule has 0 amide bonds. The van der Waals surface area contributed by atoms with E-state index in [1.165, 1.54) is 18.3 Å². The second-order valence-corrected chi connectivity index (χ2v) is 5.14. The number of aryl methyl sites for hydroxylation is 1. The van der Waals surface area contributed by atoms with Crippen LogP contribution in [0.1, 0.15) is 11.3 Å². The third kappa shape index (κ3) is 3.30. The van der Waals surface area contributed by atoms with Gasteiger partial charge in [0.15, 0.2) is 0 Å². The van der Waals surface area contributed by atoms with Gasteiger partial charge in [-0.1, -0.05) is 12.1 Å². The summed E-state index contributed by atoms with van der Waals surface area (Å²) in [5.41, 5.74) is 5.52. The molecule has 0 radical (unpaired) electrons. The SMILES string of the molecule is Cc1cccc(-n2cccc2/C=N\Nc2ncccc2[N+](=O)[O-])c1. The first-order chi connectivity index (χ1) is 11.6. The zero-order valence-electron chi connectivity index (χ0n) is 13.0. The molecule has 0 aliphatic heterocycles. The van der Waals surface area contributed by atoms with Gasteiger partial charge in [-0.25, -0.2) is 4.98 Å². The zero-order chi connectivity index (χ0) is 16.9. The van der Waals surface area contributed by atoms with Gasteiger partial charge >= 0.3 is 5.69 Å². The van der Waals surface area contributed by atoms with E-state index in [0.717, 1.165) is 16.9 Å². The lowest BCUT2D eigenvalue weighted by molar-refractivity contribution is -0.384. The van der Waals surface area contributed by atoms with Gasteiger partial charge in [-0.05, 0) is 42.8 Å². The summed E-state index contributed by atoms with van der Waals surface area (Å²) in [4.78, 5) is 14.4. The van der Waals surface area contributed by atoms with Gasteiger partial charge in [0.2, 0.25) is 5.82 Å². The predicted octanol–water partition coefficient (Wildman–Crippen LogP) is 3.53. The maximum absolute atomic E-state index is 11.0. The van der Waals surface area contributed by atoms with Crippen molar-refractivity contribution in [2.24, 2.45) is 5.10 Å². The molecule has 3 rings (SSSR count). The summed E-state index contributed by atoms with van der Waals surface area (Å²) in [6.07, 6.45) is 5.00. The monoisotopic (exact) mass is 321 g/mol. The van der Waals surface area contributed by atoms with E-state index in [4.69, 9.17) is 0 Å². The first-order valence-electron chi connectivity index (χ1n) is 7.28. The molecule has 0 aliphatic carbocycles. The van der Waals surface area contributed by atoms with Gasteiger partial charge < -0.3 is 4.57 Å². The third-order valence-corrected chi connectivity index (χ3v) is 3.41. The fourth-order valence-corrected chi connectivity index (χ4v) is 2.30. The maximum atomic E-state index is 11.0. The van der Waals surface area contributed by atoms with Crippen LogP contribution in [0.25, 0.3) is 5.69 Å². The quantitative estimate of drug-likeness (QED) is 0.442. The van der Waals surface area contributed by atoms with Crippen LogP contribution in [0, 0.1) is 17.0 Å². The lowest BCUT2D eigenvalue weighted by atomic mass is 10.2. The van der Waals surface area contributed by atoms with Crippen molar-refractivity contribution in [1.82, 2.24) is 9.55 Å². The van der Waals surface area contributed by atoms with Crippen LogP contribution in [-0.2, 0) is 0 Å². The van der Waals surface area contributed by atoms with Crippen LogP contribution in [0.4, 0.5) is 11.5 Å². The Morgan fingerprint density at radius 1 is 1.25 bits per heavy atom. The van der Waals surface area contributed by atoms with Gasteiger partial charge in [0.25, 0.3) is 0 Å². The van der Waals surface area contributed by atoms with E-state index >= 15 is 0 Å². The molecule has 0 fully saturated rings. The van der Waals surface area contributed by atoms with Gasteiger partial charge in [0.05, 0.1) is 16.8 Å². The molecular weight excluding hydrogens is 306 g/mol. The third-order valence-electron chi connectivity index (χ3n) is 3.41. The van der Waals surface area contributed by atoms with Crippen molar-refractivity contribution in [1.29, 1.82) is 0 Å². The molecule has 24 heavy (non-hydrogen) atoms. The highest BCUT2D eigenvalue weighted by Gasteiger charge is 2.12. The highest BCUT2D eigenvalue weighted by atomic mass is 16.6. The normalized spacial score (nSPS) is 10.9. The smallest absolute Gasteiger partial charge is 0.313 e. The van der Waals surface area contributed by atoms with Crippen LogP contribution in [0.2, 0.25) is 0 Å². The molecule has 1 aromatic carbocycles. The molecule has 0 saturated heterocycles. The fourth-order valence-electron chi connectivity index (χ4n) is 2.30. The summed E-state index contributed by atoms with van der Waals surface area (Å²) in [6, 6.07) is 14.8. The second kappa shape index (κ2) is 6.74. The minimum absolute atomic E-state index is 0.104. The van der Waals surface area contributed by atoms with E-state index in [-0.39, 0.29) is 11.5 Å². The Hall–Kier alpha value is -3.48. The Morgan fingerprint density at radius 3 is 2.92 bits per heavy atom. The average molecular weight is 321 g/mol. The molecule has 0 saturated carbocycles. The largest absolute Gasteiger partial charge is 0.316 e. The highest BCUT2D eigenvalue weighted by Crippen LogP contribution is 2.20. The molecule has 7 heteroatoms. The number of aromatic nitrogens is 2. The molecule has 0 spiro atoms. The second-order valence-electron chi connectivity index (χ2n) is 5.14. The molecule has 2 heterocycles. The standard InChI is InChI=1S/C17H15N5O2/c1-13-5-2-6-14(11-13)21-10-4-7-15(21)12-19-20-17-16(22(23)24)8-3-9-18-17/h2-12H,1H3,(H,18,20)/b19-12-. The summed E-state index contributed by atoms with van der Waals surface area (Å²) < 4.78 is 1.98. The van der Waals surface area contributed by atoms with Gasteiger partial charge in [0, 0.05) is 24.1 Å². The highest BCUT2D eigenvalue weighted by molar-refractivity contribution is 5.79. The molecule has 120 valence electrons. The summed E-state index contributed by atoms with van der Waals surface area (Å²) in [5, 5.41) is 15.0. The number of nitro groups is 1. The van der Waals surface area contributed by atoms with Crippen molar-refractivity contribution < 1.29 is 4.92 Å². The van der Waals surface area contributed by atoms with E-state index in [2.05, 4.69) is 21.6 Å². The zero-order valence-corrected chi connectivity index (χ0v) is 13.0. The van der Waals surface area contributed by atoms with Crippen molar-refractivity contribution in [2.45, 2.75) is 6.92 Å². The van der Waals surface area contributed by atoms with Crippen LogP contribution in [-0.4, -0.2) is 20.7 Å². The number of hydrazone groups is 1.